The molecule has 1 aromatic heterocycles. The van der Waals surface area contributed by atoms with Crippen molar-refractivity contribution in [2.45, 2.75) is 25.5 Å². The van der Waals surface area contributed by atoms with Gasteiger partial charge in [0.05, 0.1) is 18.9 Å². The van der Waals surface area contributed by atoms with Crippen molar-refractivity contribution < 1.29 is 9.47 Å². The Morgan fingerprint density at radius 1 is 1.40 bits per heavy atom. The smallest absolute Gasteiger partial charge is 0.213 e. The molecule has 2 N–H and O–H groups in total. The molecule has 1 saturated heterocycles. The second-order valence-electron chi connectivity index (χ2n) is 3.60. The average molecular weight is 208 g/mol. The summed E-state index contributed by atoms with van der Waals surface area (Å²) in [4.78, 5) is 4.30. The van der Waals surface area contributed by atoms with Crippen LogP contribution in [-0.4, -0.2) is 24.3 Å². The van der Waals surface area contributed by atoms with Crippen molar-refractivity contribution in [2.24, 2.45) is 5.73 Å². The van der Waals surface area contributed by atoms with E-state index in [2.05, 4.69) is 4.98 Å². The highest BCUT2D eigenvalue weighted by molar-refractivity contribution is 5.15. The fourth-order valence-electron chi connectivity index (χ4n) is 1.60. The molecule has 0 amide bonds. The molecule has 82 valence electrons. The molecule has 1 aliphatic heterocycles. The van der Waals surface area contributed by atoms with E-state index in [0.717, 1.165) is 31.7 Å². The average Bonchev–Trinajstić information content (AvgIpc) is 2.31. The highest BCUT2D eigenvalue weighted by Crippen LogP contribution is 2.15. The minimum atomic E-state index is 0.235. The summed E-state index contributed by atoms with van der Waals surface area (Å²) in [6.07, 6.45) is 2.11. The monoisotopic (exact) mass is 208 g/mol. The standard InChI is InChI=1S/C11H16N2O2/c12-8-9-2-1-3-11(13-9)15-10-4-6-14-7-5-10/h1-3,10H,4-8,12H2. The Morgan fingerprint density at radius 3 is 2.93 bits per heavy atom. The largest absolute Gasteiger partial charge is 0.474 e. The van der Waals surface area contributed by atoms with Crippen LogP contribution in [0.1, 0.15) is 18.5 Å². The van der Waals surface area contributed by atoms with Gasteiger partial charge in [0.15, 0.2) is 0 Å². The van der Waals surface area contributed by atoms with Gasteiger partial charge in [-0.1, -0.05) is 6.07 Å². The van der Waals surface area contributed by atoms with E-state index in [1.807, 2.05) is 18.2 Å². The molecule has 1 aliphatic rings. The van der Waals surface area contributed by atoms with Gasteiger partial charge in [0.2, 0.25) is 5.88 Å². The summed E-state index contributed by atoms with van der Waals surface area (Å²) in [6, 6.07) is 5.69. The van der Waals surface area contributed by atoms with Crippen LogP contribution in [0.15, 0.2) is 18.2 Å². The molecule has 4 nitrogen and oxygen atoms in total. The van der Waals surface area contributed by atoms with Gasteiger partial charge in [0.1, 0.15) is 6.10 Å². The summed E-state index contributed by atoms with van der Waals surface area (Å²) in [5.74, 6) is 0.671. The number of pyridine rings is 1. The first-order valence-corrected chi connectivity index (χ1v) is 5.29. The Balaban J connectivity index is 1.96. The molecule has 0 bridgehead atoms. The first kappa shape index (κ1) is 10.4. The maximum absolute atomic E-state index is 5.75. The van der Waals surface area contributed by atoms with Gasteiger partial charge in [-0.05, 0) is 6.07 Å². The summed E-state index contributed by atoms with van der Waals surface area (Å²) in [7, 11) is 0. The predicted molar refractivity (Wildman–Crippen MR) is 56.6 cm³/mol. The fourth-order valence-corrected chi connectivity index (χ4v) is 1.60. The minimum absolute atomic E-state index is 0.235. The van der Waals surface area contributed by atoms with Crippen LogP contribution in [0.5, 0.6) is 5.88 Å². The number of nitrogens with two attached hydrogens (primary N) is 1. The first-order chi connectivity index (χ1) is 7.38. The predicted octanol–water partition coefficient (Wildman–Crippen LogP) is 1.10. The van der Waals surface area contributed by atoms with E-state index < -0.39 is 0 Å². The van der Waals surface area contributed by atoms with E-state index in [4.69, 9.17) is 15.2 Å². The first-order valence-electron chi connectivity index (χ1n) is 5.29. The van der Waals surface area contributed by atoms with Crippen molar-refractivity contribution in [3.8, 4) is 5.88 Å². The number of hydrogen-bond acceptors (Lipinski definition) is 4. The van der Waals surface area contributed by atoms with Crippen LogP contribution in [-0.2, 0) is 11.3 Å². The zero-order valence-corrected chi connectivity index (χ0v) is 8.69. The zero-order chi connectivity index (χ0) is 10.5. The van der Waals surface area contributed by atoms with Gasteiger partial charge in [-0.25, -0.2) is 4.98 Å². The van der Waals surface area contributed by atoms with Gasteiger partial charge in [-0.3, -0.25) is 0 Å². The van der Waals surface area contributed by atoms with Crippen LogP contribution in [0.4, 0.5) is 0 Å². The van der Waals surface area contributed by atoms with Crippen LogP contribution in [0.2, 0.25) is 0 Å². The van der Waals surface area contributed by atoms with Crippen LogP contribution in [0, 0.1) is 0 Å². The van der Waals surface area contributed by atoms with E-state index >= 15 is 0 Å². The van der Waals surface area contributed by atoms with E-state index in [9.17, 15) is 0 Å². The van der Waals surface area contributed by atoms with Crippen molar-refractivity contribution in [3.05, 3.63) is 23.9 Å². The molecule has 2 heterocycles. The Hall–Kier alpha value is -1.13. The molecule has 1 fully saturated rings. The SMILES string of the molecule is NCc1cccc(OC2CCOCC2)n1. The third-order valence-electron chi connectivity index (χ3n) is 2.45. The molecule has 0 saturated carbocycles. The number of ether oxygens (including phenoxy) is 2. The third kappa shape index (κ3) is 2.91. The number of aromatic nitrogens is 1. The summed E-state index contributed by atoms with van der Waals surface area (Å²) in [5, 5.41) is 0. The molecule has 15 heavy (non-hydrogen) atoms. The summed E-state index contributed by atoms with van der Waals surface area (Å²) >= 11 is 0. The molecule has 0 atom stereocenters. The van der Waals surface area contributed by atoms with Gasteiger partial charge in [0.25, 0.3) is 0 Å². The topological polar surface area (TPSA) is 57.4 Å². The summed E-state index contributed by atoms with van der Waals surface area (Å²) in [6.45, 7) is 2.01. The van der Waals surface area contributed by atoms with Gasteiger partial charge >= 0.3 is 0 Å². The minimum Gasteiger partial charge on any atom is -0.474 e. The zero-order valence-electron chi connectivity index (χ0n) is 8.69. The lowest BCUT2D eigenvalue weighted by Crippen LogP contribution is -2.26. The summed E-state index contributed by atoms with van der Waals surface area (Å²) < 4.78 is 11.0. The Bertz CT molecular complexity index is 311. The van der Waals surface area contributed by atoms with Crippen LogP contribution in [0.25, 0.3) is 0 Å². The quantitative estimate of drug-likeness (QED) is 0.808. The lowest BCUT2D eigenvalue weighted by atomic mass is 10.1. The molecule has 0 unspecified atom stereocenters. The Labute approximate surface area is 89.4 Å². The molecule has 4 heteroatoms. The Kier molecular flexibility index (Phi) is 3.53. The molecule has 0 spiro atoms. The second kappa shape index (κ2) is 5.09. The molecule has 0 aromatic carbocycles. The molecule has 0 aliphatic carbocycles. The van der Waals surface area contributed by atoms with Crippen molar-refractivity contribution in [1.29, 1.82) is 0 Å². The van der Waals surface area contributed by atoms with E-state index in [-0.39, 0.29) is 6.10 Å². The number of rotatable bonds is 3. The normalized spacial score (nSPS) is 17.7. The van der Waals surface area contributed by atoms with Gasteiger partial charge in [-0.2, -0.15) is 0 Å². The van der Waals surface area contributed by atoms with Crippen molar-refractivity contribution in [2.75, 3.05) is 13.2 Å². The van der Waals surface area contributed by atoms with Crippen molar-refractivity contribution in [1.82, 2.24) is 4.98 Å². The van der Waals surface area contributed by atoms with E-state index in [1.54, 1.807) is 0 Å². The van der Waals surface area contributed by atoms with Crippen LogP contribution in [0.3, 0.4) is 0 Å². The molecule has 0 radical (unpaired) electrons. The fraction of sp³-hybridized carbons (Fsp3) is 0.545. The third-order valence-corrected chi connectivity index (χ3v) is 2.45. The van der Waals surface area contributed by atoms with Gasteiger partial charge in [-0.15, -0.1) is 0 Å². The Morgan fingerprint density at radius 2 is 2.20 bits per heavy atom. The van der Waals surface area contributed by atoms with Crippen LogP contribution >= 0.6 is 0 Å². The maximum atomic E-state index is 5.75. The van der Waals surface area contributed by atoms with Crippen molar-refractivity contribution in [3.63, 3.8) is 0 Å². The van der Waals surface area contributed by atoms with Gasteiger partial charge < -0.3 is 15.2 Å². The second-order valence-corrected chi connectivity index (χ2v) is 3.60. The molecule has 1 aromatic rings. The van der Waals surface area contributed by atoms with E-state index in [0.29, 0.717) is 12.4 Å². The molecular weight excluding hydrogens is 192 g/mol. The lowest BCUT2D eigenvalue weighted by molar-refractivity contribution is 0.0237. The van der Waals surface area contributed by atoms with Crippen molar-refractivity contribution >= 4 is 0 Å². The summed E-state index contributed by atoms with van der Waals surface area (Å²) in [5.41, 5.74) is 6.37. The number of hydrogen-bond donors (Lipinski definition) is 1. The molecular formula is C11H16N2O2. The van der Waals surface area contributed by atoms with Gasteiger partial charge in [0, 0.05) is 25.5 Å². The van der Waals surface area contributed by atoms with E-state index in [1.165, 1.54) is 0 Å². The number of nitrogens with zero attached hydrogens (tertiary/aromatic N) is 1. The maximum Gasteiger partial charge on any atom is 0.213 e. The highest BCUT2D eigenvalue weighted by atomic mass is 16.5. The van der Waals surface area contributed by atoms with Crippen LogP contribution < -0.4 is 10.5 Å². The molecule has 2 rings (SSSR count). The highest BCUT2D eigenvalue weighted by Gasteiger charge is 2.15. The lowest BCUT2D eigenvalue weighted by Gasteiger charge is -2.22.